The third-order valence-corrected chi connectivity index (χ3v) is 4.65. The Bertz CT molecular complexity index is 1070. The summed E-state index contributed by atoms with van der Waals surface area (Å²) in [4.78, 5) is 37.8. The molecule has 4 amide bonds. The summed E-state index contributed by atoms with van der Waals surface area (Å²) >= 11 is 0. The lowest BCUT2D eigenvalue weighted by Gasteiger charge is -2.18. The first-order valence-electron chi connectivity index (χ1n) is 9.76. The van der Waals surface area contributed by atoms with Gasteiger partial charge in [0.15, 0.2) is 0 Å². The predicted octanol–water partition coefficient (Wildman–Crippen LogP) is 4.56. The molecule has 0 atom stereocenters. The Labute approximate surface area is 181 Å². The van der Waals surface area contributed by atoms with E-state index in [4.69, 9.17) is 0 Å². The van der Waals surface area contributed by atoms with E-state index >= 15 is 0 Å². The standard InChI is InChI=1S/C24H24N4O3/c1-17(29)28(2)16-19-8-6-7-11-22(19)27-23(30)18-12-14-21(15-13-18)26-24(31)25-20-9-4-3-5-10-20/h3-15H,16H2,1-2H3,(H,27,30)(H2,25,26,31). The average Bonchev–Trinajstić information content (AvgIpc) is 2.76. The van der Waals surface area contributed by atoms with Crippen molar-refractivity contribution in [2.75, 3.05) is 23.0 Å². The highest BCUT2D eigenvalue weighted by atomic mass is 16.2. The van der Waals surface area contributed by atoms with E-state index in [-0.39, 0.29) is 17.8 Å². The summed E-state index contributed by atoms with van der Waals surface area (Å²) < 4.78 is 0. The maximum atomic E-state index is 12.7. The number of nitrogens with one attached hydrogen (secondary N) is 3. The van der Waals surface area contributed by atoms with Crippen molar-refractivity contribution in [3.63, 3.8) is 0 Å². The Hall–Kier alpha value is -4.13. The van der Waals surface area contributed by atoms with Crippen LogP contribution in [0.5, 0.6) is 0 Å². The first kappa shape index (κ1) is 21.6. The van der Waals surface area contributed by atoms with Gasteiger partial charge in [-0.3, -0.25) is 9.59 Å². The van der Waals surface area contributed by atoms with Crippen LogP contribution in [0.15, 0.2) is 78.9 Å². The smallest absolute Gasteiger partial charge is 0.323 e. The second-order valence-corrected chi connectivity index (χ2v) is 7.01. The van der Waals surface area contributed by atoms with Gasteiger partial charge in [-0.1, -0.05) is 36.4 Å². The van der Waals surface area contributed by atoms with Crippen molar-refractivity contribution in [1.82, 2.24) is 4.90 Å². The lowest BCUT2D eigenvalue weighted by molar-refractivity contribution is -0.128. The number of hydrogen-bond donors (Lipinski definition) is 3. The van der Waals surface area contributed by atoms with Gasteiger partial charge in [0.1, 0.15) is 0 Å². The fourth-order valence-corrected chi connectivity index (χ4v) is 2.86. The minimum Gasteiger partial charge on any atom is -0.342 e. The zero-order valence-electron chi connectivity index (χ0n) is 17.4. The van der Waals surface area contributed by atoms with Crippen LogP contribution in [0.4, 0.5) is 21.9 Å². The van der Waals surface area contributed by atoms with E-state index in [1.807, 2.05) is 36.4 Å². The van der Waals surface area contributed by atoms with E-state index in [9.17, 15) is 14.4 Å². The number of para-hydroxylation sites is 2. The van der Waals surface area contributed by atoms with Gasteiger partial charge in [-0.25, -0.2) is 4.79 Å². The molecule has 0 heterocycles. The van der Waals surface area contributed by atoms with Crippen LogP contribution in [0, 0.1) is 0 Å². The molecule has 31 heavy (non-hydrogen) atoms. The highest BCUT2D eigenvalue weighted by Crippen LogP contribution is 2.19. The second kappa shape index (κ2) is 10.1. The molecule has 7 nitrogen and oxygen atoms in total. The normalized spacial score (nSPS) is 10.1. The van der Waals surface area contributed by atoms with Crippen molar-refractivity contribution in [3.8, 4) is 0 Å². The van der Waals surface area contributed by atoms with Gasteiger partial charge in [-0.2, -0.15) is 0 Å². The molecule has 0 bridgehead atoms. The second-order valence-electron chi connectivity index (χ2n) is 7.01. The number of anilines is 3. The first-order chi connectivity index (χ1) is 14.9. The molecular formula is C24H24N4O3. The van der Waals surface area contributed by atoms with Crippen LogP contribution in [0.3, 0.4) is 0 Å². The summed E-state index contributed by atoms with van der Waals surface area (Å²) in [6.07, 6.45) is 0. The zero-order valence-corrected chi connectivity index (χ0v) is 17.4. The average molecular weight is 416 g/mol. The number of rotatable bonds is 6. The van der Waals surface area contributed by atoms with Gasteiger partial charge in [0.25, 0.3) is 5.91 Å². The molecule has 0 spiro atoms. The van der Waals surface area contributed by atoms with Gasteiger partial charge >= 0.3 is 6.03 Å². The van der Waals surface area contributed by atoms with E-state index in [0.717, 1.165) is 5.56 Å². The summed E-state index contributed by atoms with van der Waals surface area (Å²) in [5.74, 6) is -0.335. The zero-order chi connectivity index (χ0) is 22.2. The van der Waals surface area contributed by atoms with E-state index in [0.29, 0.717) is 29.2 Å². The minimum atomic E-state index is -0.369. The molecule has 0 aliphatic carbocycles. The van der Waals surface area contributed by atoms with Crippen LogP contribution in [0.1, 0.15) is 22.8 Å². The third kappa shape index (κ3) is 6.17. The predicted molar refractivity (Wildman–Crippen MR) is 122 cm³/mol. The maximum absolute atomic E-state index is 12.7. The molecule has 0 aromatic heterocycles. The summed E-state index contributed by atoms with van der Waals surface area (Å²) in [6.45, 7) is 1.89. The van der Waals surface area contributed by atoms with Crippen molar-refractivity contribution in [2.45, 2.75) is 13.5 Å². The first-order valence-corrected chi connectivity index (χ1v) is 9.76. The summed E-state index contributed by atoms with van der Waals surface area (Å²) in [5.41, 5.74) is 3.18. The lowest BCUT2D eigenvalue weighted by Crippen LogP contribution is -2.24. The fraction of sp³-hybridized carbons (Fsp3) is 0.125. The Morgan fingerprint density at radius 1 is 0.742 bits per heavy atom. The van der Waals surface area contributed by atoms with E-state index in [2.05, 4.69) is 16.0 Å². The summed E-state index contributed by atoms with van der Waals surface area (Å²) in [5, 5.41) is 8.35. The summed E-state index contributed by atoms with van der Waals surface area (Å²) in [7, 11) is 1.71. The molecule has 0 unspecified atom stereocenters. The molecule has 0 fully saturated rings. The molecule has 7 heteroatoms. The number of carbonyl (C=O) groups excluding carboxylic acids is 3. The number of nitrogens with zero attached hydrogens (tertiary/aromatic N) is 1. The lowest BCUT2D eigenvalue weighted by atomic mass is 10.1. The largest absolute Gasteiger partial charge is 0.342 e. The number of benzene rings is 3. The molecular weight excluding hydrogens is 392 g/mol. The quantitative estimate of drug-likeness (QED) is 0.550. The van der Waals surface area contributed by atoms with Crippen molar-refractivity contribution in [2.24, 2.45) is 0 Å². The minimum absolute atomic E-state index is 0.0551. The van der Waals surface area contributed by atoms with Crippen LogP contribution >= 0.6 is 0 Å². The molecule has 0 aliphatic heterocycles. The fourth-order valence-electron chi connectivity index (χ4n) is 2.86. The highest BCUT2D eigenvalue weighted by molar-refractivity contribution is 6.05. The highest BCUT2D eigenvalue weighted by Gasteiger charge is 2.12. The molecule has 0 saturated heterocycles. The van der Waals surface area contributed by atoms with Crippen molar-refractivity contribution in [1.29, 1.82) is 0 Å². The van der Waals surface area contributed by atoms with Gasteiger partial charge in [-0.05, 0) is 48.0 Å². The number of amides is 4. The Balaban J connectivity index is 1.62. The van der Waals surface area contributed by atoms with Crippen molar-refractivity contribution < 1.29 is 14.4 Å². The molecule has 158 valence electrons. The molecule has 3 aromatic carbocycles. The molecule has 3 N–H and O–H groups in total. The van der Waals surface area contributed by atoms with Gasteiger partial charge in [0.2, 0.25) is 5.91 Å². The van der Waals surface area contributed by atoms with Crippen LogP contribution in [-0.4, -0.2) is 29.8 Å². The van der Waals surface area contributed by atoms with E-state index < -0.39 is 0 Å². The topological polar surface area (TPSA) is 90.5 Å². The summed E-state index contributed by atoms with van der Waals surface area (Å²) in [6, 6.07) is 22.7. The molecule has 0 aliphatic rings. The molecule has 3 rings (SSSR count). The maximum Gasteiger partial charge on any atom is 0.323 e. The third-order valence-electron chi connectivity index (χ3n) is 4.65. The number of hydrogen-bond acceptors (Lipinski definition) is 3. The van der Waals surface area contributed by atoms with Gasteiger partial charge in [-0.15, -0.1) is 0 Å². The van der Waals surface area contributed by atoms with Crippen molar-refractivity contribution in [3.05, 3.63) is 90.0 Å². The SMILES string of the molecule is CC(=O)N(C)Cc1ccccc1NC(=O)c1ccc(NC(=O)Nc2ccccc2)cc1. The van der Waals surface area contributed by atoms with Crippen LogP contribution in [0.25, 0.3) is 0 Å². The van der Waals surface area contributed by atoms with Gasteiger partial charge in [0, 0.05) is 43.1 Å². The van der Waals surface area contributed by atoms with E-state index in [1.54, 1.807) is 54.4 Å². The Morgan fingerprint density at radius 2 is 1.32 bits per heavy atom. The number of urea groups is 1. The van der Waals surface area contributed by atoms with Gasteiger partial charge < -0.3 is 20.9 Å². The van der Waals surface area contributed by atoms with E-state index in [1.165, 1.54) is 6.92 Å². The number of carbonyl (C=O) groups is 3. The van der Waals surface area contributed by atoms with Crippen LogP contribution < -0.4 is 16.0 Å². The van der Waals surface area contributed by atoms with Crippen LogP contribution in [0.2, 0.25) is 0 Å². The Morgan fingerprint density at radius 3 is 1.97 bits per heavy atom. The Kier molecular flexibility index (Phi) is 7.01. The monoisotopic (exact) mass is 416 g/mol. The van der Waals surface area contributed by atoms with Crippen molar-refractivity contribution >= 4 is 34.9 Å². The van der Waals surface area contributed by atoms with Gasteiger partial charge in [0.05, 0.1) is 0 Å². The molecule has 0 radical (unpaired) electrons. The van der Waals surface area contributed by atoms with Crippen LogP contribution in [-0.2, 0) is 11.3 Å². The molecule has 0 saturated carbocycles. The molecule has 3 aromatic rings.